The van der Waals surface area contributed by atoms with E-state index in [-0.39, 0.29) is 5.56 Å². The molecule has 0 saturated heterocycles. The summed E-state index contributed by atoms with van der Waals surface area (Å²) < 4.78 is 13.9. The molecule has 0 radical (unpaired) electrons. The smallest absolute Gasteiger partial charge is 0.141 e. The van der Waals surface area contributed by atoms with Crippen molar-refractivity contribution in [1.82, 2.24) is 0 Å². The first-order valence-corrected chi connectivity index (χ1v) is 11.0. The van der Waals surface area contributed by atoms with E-state index in [2.05, 4.69) is 73.7 Å². The number of hydrogen-bond donors (Lipinski definition) is 0. The summed E-state index contributed by atoms with van der Waals surface area (Å²) in [5, 5.41) is 8.88. The van der Waals surface area contributed by atoms with Crippen molar-refractivity contribution >= 4 is 0 Å². The number of nitriles is 1. The molecule has 0 amide bonds. The van der Waals surface area contributed by atoms with Gasteiger partial charge in [0.1, 0.15) is 11.9 Å². The Bertz CT molecular complexity index is 1200. The van der Waals surface area contributed by atoms with E-state index in [1.165, 1.54) is 34.4 Å². The summed E-state index contributed by atoms with van der Waals surface area (Å²) >= 11 is 0. The van der Waals surface area contributed by atoms with Crippen LogP contribution in [0.15, 0.2) is 97.1 Å². The van der Waals surface area contributed by atoms with Gasteiger partial charge in [0.15, 0.2) is 0 Å². The monoisotopic (exact) mass is 419 g/mol. The van der Waals surface area contributed by atoms with Gasteiger partial charge in [-0.15, -0.1) is 0 Å². The van der Waals surface area contributed by atoms with Crippen LogP contribution >= 0.6 is 0 Å². The molecule has 0 bridgehead atoms. The fourth-order valence-corrected chi connectivity index (χ4v) is 4.03. The third kappa shape index (κ3) is 5.31. The van der Waals surface area contributed by atoms with E-state index in [0.717, 1.165) is 30.4 Å². The maximum Gasteiger partial charge on any atom is 0.141 e. The molecule has 4 aromatic carbocycles. The van der Waals surface area contributed by atoms with Crippen LogP contribution in [0.5, 0.6) is 0 Å². The third-order valence-electron chi connectivity index (χ3n) is 6.01. The maximum absolute atomic E-state index is 13.9. The quantitative estimate of drug-likeness (QED) is 0.304. The number of benzene rings is 4. The molecule has 0 spiro atoms. The zero-order chi connectivity index (χ0) is 22.3. The predicted molar refractivity (Wildman–Crippen MR) is 129 cm³/mol. The van der Waals surface area contributed by atoms with Crippen LogP contribution in [0.4, 0.5) is 4.39 Å². The molecule has 1 nitrogen and oxygen atoms in total. The number of hydrogen-bond acceptors (Lipinski definition) is 1. The maximum atomic E-state index is 13.9. The lowest BCUT2D eigenvalue weighted by Gasteiger charge is -2.12. The van der Waals surface area contributed by atoms with Crippen LogP contribution in [-0.2, 0) is 19.3 Å². The molecule has 4 aromatic rings. The van der Waals surface area contributed by atoms with Crippen molar-refractivity contribution in [2.75, 3.05) is 0 Å². The molecular formula is C30H26FN. The van der Waals surface area contributed by atoms with Crippen molar-refractivity contribution in [3.8, 4) is 17.2 Å². The second-order valence-electron chi connectivity index (χ2n) is 8.34. The van der Waals surface area contributed by atoms with Crippen molar-refractivity contribution in [1.29, 1.82) is 5.26 Å². The SMILES string of the molecule is CC(Cc1ccc(CCc2ccc(-c3ccc(C#N)c(F)c3)cc2)cc1)c1ccccc1. The Labute approximate surface area is 189 Å². The summed E-state index contributed by atoms with van der Waals surface area (Å²) in [5.41, 5.74) is 7.14. The van der Waals surface area contributed by atoms with Crippen LogP contribution in [0.25, 0.3) is 11.1 Å². The van der Waals surface area contributed by atoms with Gasteiger partial charge in [0.2, 0.25) is 0 Å². The molecule has 0 saturated carbocycles. The van der Waals surface area contributed by atoms with E-state index in [0.29, 0.717) is 5.92 Å². The molecule has 0 fully saturated rings. The molecule has 0 N–H and O–H groups in total. The zero-order valence-corrected chi connectivity index (χ0v) is 18.3. The van der Waals surface area contributed by atoms with Crippen molar-refractivity contribution < 1.29 is 4.39 Å². The Hall–Kier alpha value is -3.70. The summed E-state index contributed by atoms with van der Waals surface area (Å²) in [7, 11) is 0. The zero-order valence-electron chi connectivity index (χ0n) is 18.3. The van der Waals surface area contributed by atoms with Gasteiger partial charge in [-0.25, -0.2) is 4.39 Å². The van der Waals surface area contributed by atoms with E-state index in [9.17, 15) is 4.39 Å². The number of aryl methyl sites for hydroxylation is 2. The summed E-state index contributed by atoms with van der Waals surface area (Å²) in [6.07, 6.45) is 2.99. The normalized spacial score (nSPS) is 11.7. The van der Waals surface area contributed by atoms with Gasteiger partial charge in [0.05, 0.1) is 5.56 Å². The topological polar surface area (TPSA) is 23.8 Å². The van der Waals surface area contributed by atoms with Gasteiger partial charge in [0.25, 0.3) is 0 Å². The molecule has 1 unspecified atom stereocenters. The summed E-state index contributed by atoms with van der Waals surface area (Å²) in [4.78, 5) is 0. The van der Waals surface area contributed by atoms with Crippen LogP contribution in [0.3, 0.4) is 0 Å². The molecule has 0 aliphatic carbocycles. The predicted octanol–water partition coefficient (Wildman–Crippen LogP) is 7.50. The van der Waals surface area contributed by atoms with Gasteiger partial charge in [-0.3, -0.25) is 0 Å². The molecule has 0 aliphatic heterocycles. The summed E-state index contributed by atoms with van der Waals surface area (Å²) in [6.45, 7) is 2.28. The highest BCUT2D eigenvalue weighted by molar-refractivity contribution is 5.64. The third-order valence-corrected chi connectivity index (χ3v) is 6.01. The molecule has 4 rings (SSSR count). The number of rotatable bonds is 7. The molecule has 32 heavy (non-hydrogen) atoms. The van der Waals surface area contributed by atoms with Crippen LogP contribution in [0, 0.1) is 17.1 Å². The minimum Gasteiger partial charge on any atom is -0.206 e. The van der Waals surface area contributed by atoms with Crippen LogP contribution in [0.1, 0.15) is 40.7 Å². The highest BCUT2D eigenvalue weighted by Crippen LogP contribution is 2.23. The van der Waals surface area contributed by atoms with E-state index in [1.807, 2.05) is 18.2 Å². The Balaban J connectivity index is 1.33. The van der Waals surface area contributed by atoms with Gasteiger partial charge in [-0.1, -0.05) is 91.9 Å². The highest BCUT2D eigenvalue weighted by Gasteiger charge is 2.07. The lowest BCUT2D eigenvalue weighted by molar-refractivity contribution is 0.624. The molecular weight excluding hydrogens is 393 g/mol. The Morgan fingerprint density at radius 1 is 0.719 bits per heavy atom. The minimum absolute atomic E-state index is 0.0749. The van der Waals surface area contributed by atoms with Crippen LogP contribution in [0.2, 0.25) is 0 Å². The van der Waals surface area contributed by atoms with Crippen molar-refractivity contribution in [2.45, 2.75) is 32.1 Å². The van der Waals surface area contributed by atoms with E-state index in [4.69, 9.17) is 5.26 Å². The van der Waals surface area contributed by atoms with Crippen molar-refractivity contribution in [3.63, 3.8) is 0 Å². The minimum atomic E-state index is -0.476. The first kappa shape index (κ1) is 21.5. The van der Waals surface area contributed by atoms with Gasteiger partial charge in [-0.2, -0.15) is 5.26 Å². The van der Waals surface area contributed by atoms with E-state index in [1.54, 1.807) is 6.07 Å². The first-order chi connectivity index (χ1) is 15.6. The van der Waals surface area contributed by atoms with Crippen molar-refractivity contribution in [3.05, 3.63) is 131 Å². The van der Waals surface area contributed by atoms with E-state index < -0.39 is 5.82 Å². The average molecular weight is 420 g/mol. The second kappa shape index (κ2) is 10.1. The summed E-state index contributed by atoms with van der Waals surface area (Å²) in [5.74, 6) is 0.0285. The molecule has 0 aromatic heterocycles. The fraction of sp³-hybridized carbons (Fsp3) is 0.167. The van der Waals surface area contributed by atoms with Gasteiger partial charge >= 0.3 is 0 Å². The highest BCUT2D eigenvalue weighted by atomic mass is 19.1. The van der Waals surface area contributed by atoms with Crippen LogP contribution < -0.4 is 0 Å². The fourth-order valence-electron chi connectivity index (χ4n) is 4.03. The van der Waals surface area contributed by atoms with Crippen molar-refractivity contribution in [2.24, 2.45) is 0 Å². The molecule has 0 aliphatic rings. The second-order valence-corrected chi connectivity index (χ2v) is 8.34. The standard InChI is InChI=1S/C30H26FN/c1-22(26-5-3-2-4-6-26)19-25-11-9-23(10-12-25)7-8-24-13-15-27(16-14-24)28-17-18-29(21-32)30(31)20-28/h2-6,9-18,20,22H,7-8,19H2,1H3. The average Bonchev–Trinajstić information content (AvgIpc) is 2.84. The van der Waals surface area contributed by atoms with Gasteiger partial charge in [0, 0.05) is 0 Å². The molecule has 158 valence electrons. The lowest BCUT2D eigenvalue weighted by Crippen LogP contribution is -1.99. The summed E-state index contributed by atoms with van der Waals surface area (Å²) in [6, 6.07) is 34.5. The molecule has 0 heterocycles. The lowest BCUT2D eigenvalue weighted by atomic mass is 9.93. The number of nitrogens with zero attached hydrogens (tertiary/aromatic N) is 1. The molecule has 1 atom stereocenters. The Kier molecular flexibility index (Phi) is 6.78. The first-order valence-electron chi connectivity index (χ1n) is 11.0. The van der Waals surface area contributed by atoms with Crippen LogP contribution in [-0.4, -0.2) is 0 Å². The largest absolute Gasteiger partial charge is 0.206 e. The number of halogens is 1. The van der Waals surface area contributed by atoms with E-state index >= 15 is 0 Å². The van der Waals surface area contributed by atoms with Gasteiger partial charge < -0.3 is 0 Å². The van der Waals surface area contributed by atoms with Gasteiger partial charge in [-0.05, 0) is 70.7 Å². The Morgan fingerprint density at radius 2 is 1.28 bits per heavy atom. The molecule has 2 heteroatoms. The Morgan fingerprint density at radius 3 is 1.88 bits per heavy atom.